The Bertz CT molecular complexity index is 459. The van der Waals surface area contributed by atoms with Crippen molar-refractivity contribution in [3.8, 4) is 0 Å². The Labute approximate surface area is 93.7 Å². The van der Waals surface area contributed by atoms with Gasteiger partial charge in [-0.1, -0.05) is 0 Å². The number of fused-ring (bicyclic) bond motifs is 1. The fourth-order valence-corrected chi connectivity index (χ4v) is 2.18. The average molecular weight is 217 g/mol. The van der Waals surface area contributed by atoms with Gasteiger partial charge in [0, 0.05) is 25.3 Å². The summed E-state index contributed by atoms with van der Waals surface area (Å²) in [6.45, 7) is 1.90. The number of imidazole rings is 1. The van der Waals surface area contributed by atoms with Crippen LogP contribution < -0.4 is 10.6 Å². The number of aromatic amines is 1. The van der Waals surface area contributed by atoms with Crippen LogP contribution in [-0.4, -0.2) is 34.1 Å². The van der Waals surface area contributed by atoms with E-state index in [1.54, 1.807) is 6.20 Å². The van der Waals surface area contributed by atoms with Gasteiger partial charge in [-0.15, -0.1) is 0 Å². The topological polar surface area (TPSA) is 70.8 Å². The fourth-order valence-electron chi connectivity index (χ4n) is 2.18. The molecule has 0 spiro atoms. The van der Waals surface area contributed by atoms with Crippen LogP contribution in [0.5, 0.6) is 0 Å². The summed E-state index contributed by atoms with van der Waals surface area (Å²) in [6.07, 6.45) is 4.00. The average Bonchev–Trinajstić information content (AvgIpc) is 2.72. The van der Waals surface area contributed by atoms with Crippen molar-refractivity contribution >= 4 is 17.1 Å². The van der Waals surface area contributed by atoms with E-state index in [1.807, 2.05) is 12.1 Å². The molecule has 1 saturated heterocycles. The van der Waals surface area contributed by atoms with E-state index >= 15 is 0 Å². The number of nitrogens with two attached hydrogens (primary N) is 1. The third-order valence-corrected chi connectivity index (χ3v) is 3.00. The molecule has 16 heavy (non-hydrogen) atoms. The molecule has 0 aromatic carbocycles. The third kappa shape index (κ3) is 1.63. The highest BCUT2D eigenvalue weighted by Crippen LogP contribution is 2.18. The van der Waals surface area contributed by atoms with E-state index < -0.39 is 0 Å². The number of nitrogens with zero attached hydrogens (tertiary/aromatic N) is 3. The Kier molecular flexibility index (Phi) is 2.25. The zero-order chi connectivity index (χ0) is 11.0. The summed E-state index contributed by atoms with van der Waals surface area (Å²) in [4.78, 5) is 14.2. The lowest BCUT2D eigenvalue weighted by atomic mass is 10.1. The Balaban J connectivity index is 1.93. The molecule has 0 saturated carbocycles. The minimum atomic E-state index is 0.259. The van der Waals surface area contributed by atoms with E-state index in [0.717, 1.165) is 43.0 Å². The molecular weight excluding hydrogens is 202 g/mol. The Hall–Kier alpha value is -1.62. The molecule has 3 heterocycles. The van der Waals surface area contributed by atoms with Crippen molar-refractivity contribution in [1.82, 2.24) is 15.0 Å². The van der Waals surface area contributed by atoms with Crippen molar-refractivity contribution < 1.29 is 0 Å². The van der Waals surface area contributed by atoms with Gasteiger partial charge in [0.2, 0.25) is 5.95 Å². The van der Waals surface area contributed by atoms with Crippen molar-refractivity contribution in [3.05, 3.63) is 18.3 Å². The summed E-state index contributed by atoms with van der Waals surface area (Å²) in [5.41, 5.74) is 7.72. The van der Waals surface area contributed by atoms with Crippen LogP contribution >= 0.6 is 0 Å². The maximum Gasteiger partial charge on any atom is 0.205 e. The fraction of sp³-hybridized carbons (Fsp3) is 0.455. The van der Waals surface area contributed by atoms with Crippen molar-refractivity contribution in [2.24, 2.45) is 5.73 Å². The van der Waals surface area contributed by atoms with Gasteiger partial charge in [-0.05, 0) is 25.0 Å². The second-order valence-electron chi connectivity index (χ2n) is 4.28. The van der Waals surface area contributed by atoms with Crippen LogP contribution in [0.4, 0.5) is 5.95 Å². The first kappa shape index (κ1) is 9.59. The molecule has 3 N–H and O–H groups in total. The van der Waals surface area contributed by atoms with Crippen molar-refractivity contribution in [2.45, 2.75) is 18.9 Å². The molecule has 2 aromatic heterocycles. The molecule has 84 valence electrons. The van der Waals surface area contributed by atoms with Crippen LogP contribution in [0.3, 0.4) is 0 Å². The zero-order valence-electron chi connectivity index (χ0n) is 9.06. The summed E-state index contributed by atoms with van der Waals surface area (Å²) in [7, 11) is 0. The molecule has 0 bridgehead atoms. The normalized spacial score (nSPS) is 21.6. The van der Waals surface area contributed by atoms with Crippen LogP contribution in [-0.2, 0) is 0 Å². The van der Waals surface area contributed by atoms with E-state index in [-0.39, 0.29) is 6.04 Å². The van der Waals surface area contributed by atoms with E-state index in [1.165, 1.54) is 0 Å². The molecule has 0 unspecified atom stereocenters. The number of hydrogen-bond donors (Lipinski definition) is 2. The Morgan fingerprint density at radius 1 is 1.50 bits per heavy atom. The molecule has 5 nitrogen and oxygen atoms in total. The first-order valence-electron chi connectivity index (χ1n) is 5.64. The van der Waals surface area contributed by atoms with Crippen LogP contribution in [0.2, 0.25) is 0 Å². The van der Waals surface area contributed by atoms with Gasteiger partial charge in [-0.2, -0.15) is 4.98 Å². The van der Waals surface area contributed by atoms with Gasteiger partial charge < -0.3 is 15.6 Å². The van der Waals surface area contributed by atoms with Gasteiger partial charge in [-0.3, -0.25) is 0 Å². The number of anilines is 1. The first-order valence-corrected chi connectivity index (χ1v) is 5.64. The van der Waals surface area contributed by atoms with E-state index in [9.17, 15) is 0 Å². The second kappa shape index (κ2) is 3.75. The smallest absolute Gasteiger partial charge is 0.205 e. The number of pyridine rings is 1. The van der Waals surface area contributed by atoms with Gasteiger partial charge in [0.1, 0.15) is 0 Å². The lowest BCUT2D eigenvalue weighted by Gasteiger charge is -2.30. The van der Waals surface area contributed by atoms with Crippen LogP contribution in [0, 0.1) is 0 Å². The molecule has 3 rings (SSSR count). The number of H-pyrrole nitrogens is 1. The molecule has 2 aromatic rings. The lowest BCUT2D eigenvalue weighted by Crippen LogP contribution is -2.43. The van der Waals surface area contributed by atoms with Gasteiger partial charge in [0.05, 0.1) is 5.52 Å². The van der Waals surface area contributed by atoms with E-state index in [2.05, 4.69) is 19.9 Å². The molecular formula is C11H15N5. The summed E-state index contributed by atoms with van der Waals surface area (Å²) in [5.74, 6) is 0.892. The summed E-state index contributed by atoms with van der Waals surface area (Å²) in [5, 5.41) is 0. The largest absolute Gasteiger partial charge is 0.341 e. The molecule has 0 radical (unpaired) electrons. The first-order chi connectivity index (χ1) is 7.83. The molecule has 1 atom stereocenters. The predicted molar refractivity (Wildman–Crippen MR) is 63.3 cm³/mol. The van der Waals surface area contributed by atoms with Crippen LogP contribution in [0.25, 0.3) is 11.2 Å². The van der Waals surface area contributed by atoms with Gasteiger partial charge in [0.15, 0.2) is 5.65 Å². The predicted octanol–water partition coefficient (Wildman–Crippen LogP) is 0.885. The molecule has 5 heteroatoms. The highest BCUT2D eigenvalue weighted by atomic mass is 15.3. The zero-order valence-corrected chi connectivity index (χ0v) is 9.06. The third-order valence-electron chi connectivity index (χ3n) is 3.00. The summed E-state index contributed by atoms with van der Waals surface area (Å²) >= 11 is 0. The Morgan fingerprint density at radius 2 is 2.44 bits per heavy atom. The van der Waals surface area contributed by atoms with E-state index in [4.69, 9.17) is 5.73 Å². The lowest BCUT2D eigenvalue weighted by molar-refractivity contribution is 0.501. The highest BCUT2D eigenvalue weighted by Gasteiger charge is 2.19. The van der Waals surface area contributed by atoms with Crippen molar-refractivity contribution in [2.75, 3.05) is 18.0 Å². The molecule has 1 fully saturated rings. The second-order valence-corrected chi connectivity index (χ2v) is 4.28. The van der Waals surface area contributed by atoms with Crippen LogP contribution in [0.15, 0.2) is 18.3 Å². The molecule has 1 aliphatic heterocycles. The number of nitrogens with one attached hydrogen (secondary N) is 1. The minimum absolute atomic E-state index is 0.259. The van der Waals surface area contributed by atoms with Crippen molar-refractivity contribution in [3.63, 3.8) is 0 Å². The van der Waals surface area contributed by atoms with Gasteiger partial charge >= 0.3 is 0 Å². The van der Waals surface area contributed by atoms with Crippen LogP contribution in [0.1, 0.15) is 12.8 Å². The maximum absolute atomic E-state index is 5.96. The summed E-state index contributed by atoms with van der Waals surface area (Å²) < 4.78 is 0. The number of hydrogen-bond acceptors (Lipinski definition) is 4. The molecule has 0 amide bonds. The van der Waals surface area contributed by atoms with Gasteiger partial charge in [0.25, 0.3) is 0 Å². The Morgan fingerprint density at radius 3 is 3.25 bits per heavy atom. The monoisotopic (exact) mass is 217 g/mol. The number of aromatic nitrogens is 3. The molecule has 0 aliphatic carbocycles. The number of piperidine rings is 1. The highest BCUT2D eigenvalue weighted by molar-refractivity contribution is 5.73. The standard InChI is InChI=1S/C11H15N5/c12-8-3-2-6-16(7-8)11-14-9-4-1-5-13-10(9)15-11/h1,4-5,8H,2-3,6-7,12H2,(H,13,14,15)/t8-/m0/s1. The van der Waals surface area contributed by atoms with Gasteiger partial charge in [-0.25, -0.2) is 4.98 Å². The van der Waals surface area contributed by atoms with E-state index in [0.29, 0.717) is 0 Å². The maximum atomic E-state index is 5.96. The van der Waals surface area contributed by atoms with Crippen molar-refractivity contribution in [1.29, 1.82) is 0 Å². The SMILES string of the molecule is N[C@H]1CCCN(c2nc3ncccc3[nH]2)C1. The number of rotatable bonds is 1. The summed E-state index contributed by atoms with van der Waals surface area (Å²) in [6, 6.07) is 4.16. The minimum Gasteiger partial charge on any atom is -0.341 e. The molecule has 1 aliphatic rings. The quantitative estimate of drug-likeness (QED) is 0.744.